The molecule has 0 spiro atoms. The molecule has 152 valence electrons. The molecule has 0 unspecified atom stereocenters. The molecular weight excluding hydrogens is 394 g/mol. The number of carbonyl (C=O) groups excluding carboxylic acids is 1. The summed E-state index contributed by atoms with van der Waals surface area (Å²) >= 11 is 1.68. The Morgan fingerprint density at radius 2 is 1.63 bits per heavy atom. The Labute approximate surface area is 180 Å². The number of thioether (sulfide) groups is 1. The Balaban J connectivity index is 1.75. The molecule has 0 aromatic heterocycles. The smallest absolute Gasteiger partial charge is 0.290 e. The van der Waals surface area contributed by atoms with Gasteiger partial charge in [-0.05, 0) is 47.2 Å². The average molecular weight is 418 g/mol. The van der Waals surface area contributed by atoms with Crippen molar-refractivity contribution in [3.05, 3.63) is 101 Å². The molecule has 1 atom stereocenters. The first-order chi connectivity index (χ1) is 14.6. The molecule has 0 radical (unpaired) electrons. The maximum absolute atomic E-state index is 13.1. The normalized spacial score (nSPS) is 16.3. The Kier molecular flexibility index (Phi) is 5.81. The summed E-state index contributed by atoms with van der Waals surface area (Å²) in [6.07, 6.45) is 2.04. The van der Waals surface area contributed by atoms with Crippen LogP contribution in [0.15, 0.2) is 89.5 Å². The van der Waals surface area contributed by atoms with E-state index in [2.05, 4.69) is 12.1 Å². The largest absolute Gasteiger partial charge is 0.503 e. The van der Waals surface area contributed by atoms with Gasteiger partial charge >= 0.3 is 0 Å². The molecule has 1 amide bonds. The van der Waals surface area contributed by atoms with E-state index in [4.69, 9.17) is 4.74 Å². The number of aliphatic hydroxyl groups is 1. The molecule has 1 aliphatic heterocycles. The summed E-state index contributed by atoms with van der Waals surface area (Å²) in [4.78, 5) is 16.0. The number of methoxy groups -OCH3 is 1. The lowest BCUT2D eigenvalue weighted by Gasteiger charge is -2.27. The van der Waals surface area contributed by atoms with Crippen LogP contribution in [-0.2, 0) is 11.3 Å². The lowest BCUT2D eigenvalue weighted by Crippen LogP contribution is -2.29. The van der Waals surface area contributed by atoms with E-state index >= 15 is 0 Å². The van der Waals surface area contributed by atoms with Crippen LogP contribution in [0, 0.1) is 0 Å². The van der Waals surface area contributed by atoms with Gasteiger partial charge in [0.25, 0.3) is 5.91 Å². The minimum atomic E-state index is -0.368. The second kappa shape index (κ2) is 8.67. The Morgan fingerprint density at radius 1 is 0.967 bits per heavy atom. The van der Waals surface area contributed by atoms with Crippen LogP contribution in [0.3, 0.4) is 0 Å². The molecule has 1 aliphatic rings. The monoisotopic (exact) mass is 417 g/mol. The molecule has 1 N–H and O–H groups in total. The number of benzene rings is 3. The predicted octanol–water partition coefficient (Wildman–Crippen LogP) is 5.47. The van der Waals surface area contributed by atoms with Crippen molar-refractivity contribution in [3.63, 3.8) is 0 Å². The molecule has 3 aromatic rings. The number of rotatable bonds is 6. The molecule has 0 bridgehead atoms. The maximum atomic E-state index is 13.1. The molecule has 1 heterocycles. The molecule has 5 heteroatoms. The highest BCUT2D eigenvalue weighted by Crippen LogP contribution is 2.44. The summed E-state index contributed by atoms with van der Waals surface area (Å²) < 4.78 is 5.25. The number of hydrogen-bond acceptors (Lipinski definition) is 4. The van der Waals surface area contributed by atoms with Gasteiger partial charge in [-0.1, -0.05) is 54.6 Å². The van der Waals surface area contributed by atoms with Crippen molar-refractivity contribution in [2.75, 3.05) is 13.4 Å². The summed E-state index contributed by atoms with van der Waals surface area (Å²) in [5.41, 5.74) is 3.40. The van der Waals surface area contributed by atoms with Crippen molar-refractivity contribution >= 4 is 23.2 Å². The van der Waals surface area contributed by atoms with E-state index in [1.165, 1.54) is 4.90 Å². The summed E-state index contributed by atoms with van der Waals surface area (Å²) in [6.45, 7) is 0.413. The number of amides is 1. The highest BCUT2D eigenvalue weighted by Gasteiger charge is 2.40. The fourth-order valence-corrected chi connectivity index (χ4v) is 4.20. The third-order valence-electron chi connectivity index (χ3n) is 5.33. The van der Waals surface area contributed by atoms with E-state index in [1.54, 1.807) is 23.8 Å². The second-order valence-electron chi connectivity index (χ2n) is 7.09. The zero-order chi connectivity index (χ0) is 21.1. The standard InChI is InChI=1S/C25H23NO3S/c1-29-20-12-10-18(11-13-20)22-23(19-6-4-3-5-7-19)26(25(28)24(22)27)16-17-8-14-21(30-2)15-9-17/h3-15,23,27H,16H2,1-2H3/t23-/m0/s1. The Bertz CT molecular complexity index is 1060. The van der Waals surface area contributed by atoms with Gasteiger partial charge in [-0.3, -0.25) is 4.79 Å². The lowest BCUT2D eigenvalue weighted by atomic mass is 9.93. The topological polar surface area (TPSA) is 49.8 Å². The van der Waals surface area contributed by atoms with E-state index in [-0.39, 0.29) is 17.7 Å². The average Bonchev–Trinajstić information content (AvgIpc) is 3.05. The van der Waals surface area contributed by atoms with Crippen molar-refractivity contribution in [1.82, 2.24) is 4.90 Å². The molecule has 4 nitrogen and oxygen atoms in total. The van der Waals surface area contributed by atoms with Gasteiger partial charge in [0.15, 0.2) is 5.76 Å². The Hall–Kier alpha value is -3.18. The van der Waals surface area contributed by atoms with Crippen LogP contribution >= 0.6 is 11.8 Å². The molecule has 0 saturated heterocycles. The van der Waals surface area contributed by atoms with Gasteiger partial charge in [0, 0.05) is 17.0 Å². The molecule has 4 rings (SSSR count). The highest BCUT2D eigenvalue weighted by atomic mass is 32.2. The number of ether oxygens (including phenoxy) is 1. The van der Waals surface area contributed by atoms with E-state index < -0.39 is 0 Å². The first-order valence-corrected chi connectivity index (χ1v) is 10.9. The number of carbonyl (C=O) groups is 1. The molecule has 0 fully saturated rings. The Morgan fingerprint density at radius 3 is 2.23 bits per heavy atom. The van der Waals surface area contributed by atoms with E-state index in [0.29, 0.717) is 12.1 Å². The summed E-state index contributed by atoms with van der Waals surface area (Å²) in [6, 6.07) is 25.1. The van der Waals surface area contributed by atoms with Gasteiger partial charge in [-0.25, -0.2) is 0 Å². The van der Waals surface area contributed by atoms with Gasteiger partial charge in [-0.2, -0.15) is 0 Å². The third kappa shape index (κ3) is 3.81. The van der Waals surface area contributed by atoms with E-state index in [1.807, 2.05) is 73.0 Å². The summed E-state index contributed by atoms with van der Waals surface area (Å²) in [5.74, 6) is 0.170. The first-order valence-electron chi connectivity index (χ1n) is 9.68. The minimum Gasteiger partial charge on any atom is -0.503 e. The van der Waals surface area contributed by atoms with Gasteiger partial charge in [0.1, 0.15) is 5.75 Å². The van der Waals surface area contributed by atoms with Gasteiger partial charge in [-0.15, -0.1) is 11.8 Å². The lowest BCUT2D eigenvalue weighted by molar-refractivity contribution is -0.130. The number of hydrogen-bond donors (Lipinski definition) is 1. The fraction of sp³-hybridized carbons (Fsp3) is 0.160. The first kappa shape index (κ1) is 20.1. The SMILES string of the molecule is COc1ccc(C2=C(O)C(=O)N(Cc3ccc(SC)cc3)[C@H]2c2ccccc2)cc1. The third-order valence-corrected chi connectivity index (χ3v) is 6.08. The summed E-state index contributed by atoms with van der Waals surface area (Å²) in [5, 5.41) is 10.9. The highest BCUT2D eigenvalue weighted by molar-refractivity contribution is 7.98. The molecule has 3 aromatic carbocycles. The van der Waals surface area contributed by atoms with Gasteiger partial charge in [0.2, 0.25) is 0 Å². The second-order valence-corrected chi connectivity index (χ2v) is 7.96. The van der Waals surface area contributed by atoms with E-state index in [0.717, 1.165) is 22.4 Å². The van der Waals surface area contributed by atoms with Crippen molar-refractivity contribution in [2.24, 2.45) is 0 Å². The maximum Gasteiger partial charge on any atom is 0.290 e. The van der Waals surface area contributed by atoms with Crippen molar-refractivity contribution in [2.45, 2.75) is 17.5 Å². The van der Waals surface area contributed by atoms with Crippen LogP contribution in [0.1, 0.15) is 22.7 Å². The number of nitrogens with zero attached hydrogens (tertiary/aromatic N) is 1. The van der Waals surface area contributed by atoms with Gasteiger partial charge in [0.05, 0.1) is 13.2 Å². The predicted molar refractivity (Wildman–Crippen MR) is 120 cm³/mol. The van der Waals surface area contributed by atoms with Crippen LogP contribution in [-0.4, -0.2) is 29.3 Å². The summed E-state index contributed by atoms with van der Waals surface area (Å²) in [7, 11) is 1.61. The zero-order valence-corrected chi connectivity index (χ0v) is 17.7. The van der Waals surface area contributed by atoms with Crippen LogP contribution in [0.2, 0.25) is 0 Å². The number of aliphatic hydroxyl groups excluding tert-OH is 1. The van der Waals surface area contributed by atoms with Crippen molar-refractivity contribution in [3.8, 4) is 5.75 Å². The molecular formula is C25H23NO3S. The fourth-order valence-electron chi connectivity index (χ4n) is 3.79. The molecule has 0 aliphatic carbocycles. The molecule has 30 heavy (non-hydrogen) atoms. The van der Waals surface area contributed by atoms with Crippen LogP contribution in [0.25, 0.3) is 5.57 Å². The van der Waals surface area contributed by atoms with Crippen molar-refractivity contribution < 1.29 is 14.6 Å². The van der Waals surface area contributed by atoms with E-state index in [9.17, 15) is 9.90 Å². The zero-order valence-electron chi connectivity index (χ0n) is 16.9. The van der Waals surface area contributed by atoms with Gasteiger partial charge < -0.3 is 14.7 Å². The van der Waals surface area contributed by atoms with Crippen molar-refractivity contribution in [1.29, 1.82) is 0 Å². The van der Waals surface area contributed by atoms with Crippen LogP contribution in [0.4, 0.5) is 0 Å². The van der Waals surface area contributed by atoms with Crippen LogP contribution < -0.4 is 4.74 Å². The quantitative estimate of drug-likeness (QED) is 0.540. The van der Waals surface area contributed by atoms with Crippen LogP contribution in [0.5, 0.6) is 5.75 Å². The minimum absolute atomic E-state index is 0.199. The molecule has 0 saturated carbocycles.